The highest BCUT2D eigenvalue weighted by Crippen LogP contribution is 2.21. The molecular weight excluding hydrogens is 256 g/mol. The molecule has 0 spiro atoms. The van der Waals surface area contributed by atoms with Crippen LogP contribution >= 0.6 is 0 Å². The molecule has 0 saturated heterocycles. The molecule has 0 radical (unpaired) electrons. The first-order chi connectivity index (χ1) is 10.4. The van der Waals surface area contributed by atoms with Crippen molar-refractivity contribution < 1.29 is 0 Å². The lowest BCUT2D eigenvalue weighted by atomic mass is 10.0. The van der Waals surface area contributed by atoms with E-state index in [1.54, 1.807) is 0 Å². The predicted octanol–water partition coefficient (Wildman–Crippen LogP) is 4.37. The van der Waals surface area contributed by atoms with Crippen LogP contribution in [0.2, 0.25) is 0 Å². The molecule has 0 N–H and O–H groups in total. The van der Waals surface area contributed by atoms with Crippen LogP contribution in [0.25, 0.3) is 21.7 Å². The normalized spacial score (nSPS) is 11.0. The number of fused-ring (bicyclic) bond motifs is 2. The molecule has 0 aliphatic rings. The van der Waals surface area contributed by atoms with Gasteiger partial charge in [-0.05, 0) is 22.4 Å². The molecule has 100 valence electrons. The summed E-state index contributed by atoms with van der Waals surface area (Å²) < 4.78 is 0. The van der Waals surface area contributed by atoms with Crippen molar-refractivity contribution in [3.05, 3.63) is 84.3 Å². The monoisotopic (exact) mass is 270 g/mol. The number of para-hydroxylation sites is 1. The van der Waals surface area contributed by atoms with E-state index in [9.17, 15) is 0 Å². The van der Waals surface area contributed by atoms with Crippen molar-refractivity contribution in [1.82, 2.24) is 9.97 Å². The summed E-state index contributed by atoms with van der Waals surface area (Å²) in [6.07, 6.45) is 2.66. The first-order valence-corrected chi connectivity index (χ1v) is 7.07. The number of benzene rings is 3. The highest BCUT2D eigenvalue weighted by atomic mass is 14.9. The molecule has 21 heavy (non-hydrogen) atoms. The fraction of sp³-hybridized carbons (Fsp3) is 0.0526. The lowest BCUT2D eigenvalue weighted by Crippen LogP contribution is -1.97. The van der Waals surface area contributed by atoms with Crippen LogP contribution in [-0.4, -0.2) is 9.97 Å². The molecule has 0 amide bonds. The van der Waals surface area contributed by atoms with Crippen LogP contribution in [0, 0.1) is 0 Å². The summed E-state index contributed by atoms with van der Waals surface area (Å²) in [6, 6.07) is 22.9. The number of rotatable bonds is 2. The summed E-state index contributed by atoms with van der Waals surface area (Å²) in [4.78, 5) is 9.16. The Morgan fingerprint density at radius 3 is 2.43 bits per heavy atom. The molecule has 4 aromatic rings. The molecule has 0 aliphatic carbocycles. The van der Waals surface area contributed by atoms with E-state index in [1.807, 2.05) is 30.5 Å². The molecule has 0 fully saturated rings. The largest absolute Gasteiger partial charge is 0.240 e. The highest BCUT2D eigenvalue weighted by Gasteiger charge is 2.05. The lowest BCUT2D eigenvalue weighted by molar-refractivity contribution is 0.999. The molecule has 3 aromatic carbocycles. The van der Waals surface area contributed by atoms with E-state index in [0.29, 0.717) is 0 Å². The van der Waals surface area contributed by atoms with Crippen molar-refractivity contribution in [1.29, 1.82) is 0 Å². The average molecular weight is 270 g/mol. The maximum absolute atomic E-state index is 4.67. The molecule has 1 heterocycles. The molecule has 2 nitrogen and oxygen atoms in total. The van der Waals surface area contributed by atoms with Gasteiger partial charge in [-0.1, -0.05) is 60.7 Å². The summed E-state index contributed by atoms with van der Waals surface area (Å²) in [6.45, 7) is 0. The zero-order chi connectivity index (χ0) is 14.1. The van der Waals surface area contributed by atoms with Gasteiger partial charge in [-0.25, -0.2) is 9.97 Å². The zero-order valence-electron chi connectivity index (χ0n) is 11.5. The summed E-state index contributed by atoms with van der Waals surface area (Å²) in [5, 5.41) is 3.62. The third-order valence-corrected chi connectivity index (χ3v) is 3.77. The molecule has 0 bridgehead atoms. The Hall–Kier alpha value is -2.74. The van der Waals surface area contributed by atoms with Gasteiger partial charge >= 0.3 is 0 Å². The Kier molecular flexibility index (Phi) is 2.86. The van der Waals surface area contributed by atoms with Crippen LogP contribution in [-0.2, 0) is 6.42 Å². The Balaban J connectivity index is 1.79. The summed E-state index contributed by atoms with van der Waals surface area (Å²) in [5.41, 5.74) is 2.27. The molecule has 1 aromatic heterocycles. The highest BCUT2D eigenvalue weighted by molar-refractivity contribution is 5.86. The molecule has 0 unspecified atom stereocenters. The maximum atomic E-state index is 4.67. The van der Waals surface area contributed by atoms with Crippen LogP contribution in [0.1, 0.15) is 11.4 Å². The van der Waals surface area contributed by atoms with E-state index < -0.39 is 0 Å². The zero-order valence-corrected chi connectivity index (χ0v) is 11.5. The Morgan fingerprint density at radius 2 is 1.48 bits per heavy atom. The average Bonchev–Trinajstić information content (AvgIpc) is 2.55. The second-order valence-electron chi connectivity index (χ2n) is 5.16. The third-order valence-electron chi connectivity index (χ3n) is 3.77. The number of hydrogen-bond acceptors (Lipinski definition) is 2. The quantitative estimate of drug-likeness (QED) is 0.540. The Morgan fingerprint density at radius 1 is 0.714 bits per heavy atom. The molecule has 0 atom stereocenters. The summed E-state index contributed by atoms with van der Waals surface area (Å²) >= 11 is 0. The van der Waals surface area contributed by atoms with Gasteiger partial charge in [0.15, 0.2) is 0 Å². The van der Waals surface area contributed by atoms with Gasteiger partial charge in [-0.2, -0.15) is 0 Å². The second kappa shape index (κ2) is 4.98. The smallest absolute Gasteiger partial charge is 0.133 e. The minimum absolute atomic E-state index is 0.756. The van der Waals surface area contributed by atoms with Gasteiger partial charge in [0.25, 0.3) is 0 Å². The SMILES string of the molecule is c1ccc2nc(Cc3cccc4ccccc34)ncc2c1. The van der Waals surface area contributed by atoms with Gasteiger partial charge < -0.3 is 0 Å². The van der Waals surface area contributed by atoms with Crippen molar-refractivity contribution in [2.75, 3.05) is 0 Å². The summed E-state index contributed by atoms with van der Waals surface area (Å²) in [5.74, 6) is 0.866. The van der Waals surface area contributed by atoms with Crippen LogP contribution in [0.5, 0.6) is 0 Å². The molecule has 0 saturated carbocycles. The van der Waals surface area contributed by atoms with Gasteiger partial charge in [0.2, 0.25) is 0 Å². The molecular formula is C19H14N2. The number of aromatic nitrogens is 2. The predicted molar refractivity (Wildman–Crippen MR) is 86.3 cm³/mol. The fourth-order valence-corrected chi connectivity index (χ4v) is 2.71. The third kappa shape index (κ3) is 2.25. The minimum Gasteiger partial charge on any atom is -0.240 e. The topological polar surface area (TPSA) is 25.8 Å². The van der Waals surface area contributed by atoms with Crippen molar-refractivity contribution in [3.8, 4) is 0 Å². The van der Waals surface area contributed by atoms with Crippen LogP contribution < -0.4 is 0 Å². The minimum atomic E-state index is 0.756. The van der Waals surface area contributed by atoms with Crippen LogP contribution in [0.3, 0.4) is 0 Å². The van der Waals surface area contributed by atoms with E-state index in [4.69, 9.17) is 0 Å². The first-order valence-electron chi connectivity index (χ1n) is 7.07. The molecule has 4 rings (SSSR count). The standard InChI is InChI=1S/C19H14N2/c1-3-10-17-14(6-1)8-5-9-15(17)12-19-20-13-16-7-2-4-11-18(16)21-19/h1-11,13H,12H2. The number of hydrogen-bond donors (Lipinski definition) is 0. The first kappa shape index (κ1) is 12.0. The van der Waals surface area contributed by atoms with Crippen LogP contribution in [0.15, 0.2) is 72.9 Å². The summed E-state index contributed by atoms with van der Waals surface area (Å²) in [7, 11) is 0. The van der Waals surface area contributed by atoms with E-state index in [1.165, 1.54) is 16.3 Å². The Bertz CT molecular complexity index is 923. The maximum Gasteiger partial charge on any atom is 0.133 e. The van der Waals surface area contributed by atoms with Crippen molar-refractivity contribution in [2.24, 2.45) is 0 Å². The van der Waals surface area contributed by atoms with Gasteiger partial charge in [-0.15, -0.1) is 0 Å². The van der Waals surface area contributed by atoms with E-state index in [0.717, 1.165) is 23.1 Å². The fourth-order valence-electron chi connectivity index (χ4n) is 2.71. The van der Waals surface area contributed by atoms with Crippen molar-refractivity contribution in [2.45, 2.75) is 6.42 Å². The van der Waals surface area contributed by atoms with E-state index in [2.05, 4.69) is 52.4 Å². The Labute approximate surface area is 123 Å². The number of nitrogens with zero attached hydrogens (tertiary/aromatic N) is 2. The van der Waals surface area contributed by atoms with Gasteiger partial charge in [0, 0.05) is 18.0 Å². The molecule has 0 aliphatic heterocycles. The van der Waals surface area contributed by atoms with Crippen molar-refractivity contribution >= 4 is 21.7 Å². The van der Waals surface area contributed by atoms with Gasteiger partial charge in [0.05, 0.1) is 5.52 Å². The van der Waals surface area contributed by atoms with Gasteiger partial charge in [-0.3, -0.25) is 0 Å². The lowest BCUT2D eigenvalue weighted by Gasteiger charge is -2.06. The van der Waals surface area contributed by atoms with Crippen LogP contribution in [0.4, 0.5) is 0 Å². The van der Waals surface area contributed by atoms with E-state index >= 15 is 0 Å². The van der Waals surface area contributed by atoms with E-state index in [-0.39, 0.29) is 0 Å². The second-order valence-corrected chi connectivity index (χ2v) is 5.16. The van der Waals surface area contributed by atoms with Gasteiger partial charge in [0.1, 0.15) is 5.82 Å². The van der Waals surface area contributed by atoms with Crippen molar-refractivity contribution in [3.63, 3.8) is 0 Å². The molecule has 2 heteroatoms.